The molecule has 1 heteroatoms. The Labute approximate surface area is 163 Å². The average Bonchev–Trinajstić information content (AvgIpc) is 2.45. The highest BCUT2D eigenvalue weighted by Gasteiger charge is 2.26. The van der Waals surface area contributed by atoms with E-state index in [2.05, 4.69) is 74.4 Å². The predicted octanol–water partition coefficient (Wildman–Crippen LogP) is 7.77. The predicted molar refractivity (Wildman–Crippen MR) is 116 cm³/mol. The van der Waals surface area contributed by atoms with Gasteiger partial charge >= 0.3 is 0 Å². The number of benzene rings is 1. The van der Waals surface area contributed by atoms with Crippen molar-refractivity contribution in [2.24, 2.45) is 11.8 Å². The highest BCUT2D eigenvalue weighted by atomic mass is 16.3. The van der Waals surface area contributed by atoms with Crippen molar-refractivity contribution in [3.05, 3.63) is 28.8 Å². The second-order valence-electron chi connectivity index (χ2n) is 10.9. The lowest BCUT2D eigenvalue weighted by Crippen LogP contribution is -2.18. The molecule has 1 atom stereocenters. The summed E-state index contributed by atoms with van der Waals surface area (Å²) < 4.78 is 0. The third-order valence-electron chi connectivity index (χ3n) is 5.43. The molecule has 0 bridgehead atoms. The first-order valence-electron chi connectivity index (χ1n) is 10.7. The van der Waals surface area contributed by atoms with Crippen molar-refractivity contribution >= 4 is 0 Å². The quantitative estimate of drug-likeness (QED) is 0.502. The van der Waals surface area contributed by atoms with Gasteiger partial charge in [0.1, 0.15) is 5.75 Å². The van der Waals surface area contributed by atoms with Crippen LogP contribution in [0.2, 0.25) is 0 Å². The van der Waals surface area contributed by atoms with Gasteiger partial charge in [0.2, 0.25) is 0 Å². The van der Waals surface area contributed by atoms with E-state index in [4.69, 9.17) is 0 Å². The van der Waals surface area contributed by atoms with Gasteiger partial charge in [-0.05, 0) is 52.2 Å². The molecule has 1 unspecified atom stereocenters. The van der Waals surface area contributed by atoms with Crippen LogP contribution in [-0.4, -0.2) is 5.11 Å². The summed E-state index contributed by atoms with van der Waals surface area (Å²) in [6, 6.07) is 4.49. The Kier molecular flexibility index (Phi) is 8.24. The van der Waals surface area contributed by atoms with Gasteiger partial charge in [-0.15, -0.1) is 0 Å². The molecule has 1 nitrogen and oxygen atoms in total. The average molecular weight is 361 g/mol. The molecule has 0 spiro atoms. The minimum Gasteiger partial charge on any atom is -0.507 e. The van der Waals surface area contributed by atoms with E-state index in [9.17, 15) is 5.11 Å². The standard InChI is InChI=1S/C25H44O/c1-18(2)12-10-13-19(3)14-11-15-20-16-21(24(4,5)6)23(26)22(17-20)25(7,8)9/h16-19,26H,10-15H2,1-9H3. The zero-order valence-corrected chi connectivity index (χ0v) is 19.0. The lowest BCUT2D eigenvalue weighted by molar-refractivity contribution is 0.420. The van der Waals surface area contributed by atoms with Crippen LogP contribution in [0.25, 0.3) is 0 Å². The van der Waals surface area contributed by atoms with Crippen molar-refractivity contribution in [2.75, 3.05) is 0 Å². The van der Waals surface area contributed by atoms with Crippen LogP contribution >= 0.6 is 0 Å². The van der Waals surface area contributed by atoms with Crippen LogP contribution in [0.5, 0.6) is 5.75 Å². The van der Waals surface area contributed by atoms with Crippen LogP contribution in [0.3, 0.4) is 0 Å². The maximum absolute atomic E-state index is 10.8. The molecule has 150 valence electrons. The zero-order chi connectivity index (χ0) is 20.1. The zero-order valence-electron chi connectivity index (χ0n) is 19.0. The van der Waals surface area contributed by atoms with Crippen LogP contribution in [0, 0.1) is 11.8 Å². The molecule has 0 saturated carbocycles. The molecule has 0 aliphatic carbocycles. The van der Waals surface area contributed by atoms with E-state index in [0.717, 1.165) is 29.4 Å². The SMILES string of the molecule is CC(C)CCCC(C)CCCc1cc(C(C)(C)C)c(O)c(C(C)(C)C)c1. The summed E-state index contributed by atoms with van der Waals surface area (Å²) >= 11 is 0. The van der Waals surface area contributed by atoms with E-state index in [1.54, 1.807) is 0 Å². The highest BCUT2D eigenvalue weighted by molar-refractivity contribution is 5.49. The number of hydrogen-bond donors (Lipinski definition) is 1. The summed E-state index contributed by atoms with van der Waals surface area (Å²) in [5.41, 5.74) is 3.48. The summed E-state index contributed by atoms with van der Waals surface area (Å²) in [4.78, 5) is 0. The van der Waals surface area contributed by atoms with Gasteiger partial charge in [0.25, 0.3) is 0 Å². The Bertz CT molecular complexity index is 519. The molecule has 0 heterocycles. The van der Waals surface area contributed by atoms with E-state index in [1.165, 1.54) is 37.7 Å². The van der Waals surface area contributed by atoms with Crippen LogP contribution in [0.15, 0.2) is 12.1 Å². The second kappa shape index (κ2) is 9.29. The number of phenols is 1. The fourth-order valence-electron chi connectivity index (χ4n) is 3.66. The van der Waals surface area contributed by atoms with Crippen LogP contribution in [-0.2, 0) is 17.3 Å². The van der Waals surface area contributed by atoms with E-state index < -0.39 is 0 Å². The molecule has 0 fully saturated rings. The second-order valence-corrected chi connectivity index (χ2v) is 10.9. The summed E-state index contributed by atoms with van der Waals surface area (Å²) in [7, 11) is 0. The Morgan fingerprint density at radius 2 is 1.23 bits per heavy atom. The Hall–Kier alpha value is -0.980. The van der Waals surface area contributed by atoms with Crippen molar-refractivity contribution in [3.63, 3.8) is 0 Å². The van der Waals surface area contributed by atoms with Gasteiger partial charge in [-0.2, -0.15) is 0 Å². The van der Waals surface area contributed by atoms with Gasteiger partial charge in [-0.3, -0.25) is 0 Å². The number of aryl methyl sites for hydroxylation is 1. The largest absolute Gasteiger partial charge is 0.507 e. The first-order valence-corrected chi connectivity index (χ1v) is 10.7. The number of rotatable bonds is 8. The van der Waals surface area contributed by atoms with Gasteiger partial charge in [0, 0.05) is 0 Å². The summed E-state index contributed by atoms with van der Waals surface area (Å²) in [5, 5.41) is 10.8. The van der Waals surface area contributed by atoms with Crippen LogP contribution in [0.4, 0.5) is 0 Å². The van der Waals surface area contributed by atoms with Gasteiger partial charge in [0.05, 0.1) is 0 Å². The van der Waals surface area contributed by atoms with Crippen LogP contribution < -0.4 is 0 Å². The molecule has 0 aliphatic rings. The number of hydrogen-bond acceptors (Lipinski definition) is 1. The van der Waals surface area contributed by atoms with Crippen LogP contribution in [0.1, 0.15) is 111 Å². The lowest BCUT2D eigenvalue weighted by Gasteiger charge is -2.28. The first kappa shape index (κ1) is 23.1. The molecular weight excluding hydrogens is 316 g/mol. The highest BCUT2D eigenvalue weighted by Crippen LogP contribution is 2.40. The van der Waals surface area contributed by atoms with Gasteiger partial charge in [-0.25, -0.2) is 0 Å². The van der Waals surface area contributed by atoms with E-state index in [1.807, 2.05) is 0 Å². The maximum Gasteiger partial charge on any atom is 0.123 e. The molecule has 0 amide bonds. The Morgan fingerprint density at radius 1 is 0.769 bits per heavy atom. The summed E-state index contributed by atoms with van der Waals surface area (Å²) in [6.07, 6.45) is 7.72. The molecule has 1 rings (SSSR count). The van der Waals surface area contributed by atoms with Gasteiger partial charge in [0.15, 0.2) is 0 Å². The normalized spacial score (nSPS) is 14.1. The third-order valence-corrected chi connectivity index (χ3v) is 5.43. The van der Waals surface area contributed by atoms with Crippen molar-refractivity contribution in [1.29, 1.82) is 0 Å². The fraction of sp³-hybridized carbons (Fsp3) is 0.760. The molecule has 0 aliphatic heterocycles. The summed E-state index contributed by atoms with van der Waals surface area (Å²) in [5.74, 6) is 2.14. The van der Waals surface area contributed by atoms with E-state index >= 15 is 0 Å². The van der Waals surface area contributed by atoms with Crippen molar-refractivity contribution in [2.45, 2.75) is 112 Å². The number of aromatic hydroxyl groups is 1. The monoisotopic (exact) mass is 360 g/mol. The van der Waals surface area contributed by atoms with E-state index in [0.29, 0.717) is 5.75 Å². The van der Waals surface area contributed by atoms with Crippen molar-refractivity contribution in [3.8, 4) is 5.75 Å². The topological polar surface area (TPSA) is 20.2 Å². The molecule has 0 saturated heterocycles. The molecule has 1 N–H and O–H groups in total. The van der Waals surface area contributed by atoms with Gasteiger partial charge in [-0.1, -0.05) is 100 Å². The smallest absolute Gasteiger partial charge is 0.123 e. The number of phenolic OH excluding ortho intramolecular Hbond substituents is 1. The molecule has 0 aromatic heterocycles. The van der Waals surface area contributed by atoms with E-state index in [-0.39, 0.29) is 10.8 Å². The minimum absolute atomic E-state index is 0.0375. The fourth-order valence-corrected chi connectivity index (χ4v) is 3.66. The lowest BCUT2D eigenvalue weighted by atomic mass is 9.78. The van der Waals surface area contributed by atoms with Gasteiger partial charge < -0.3 is 5.11 Å². The van der Waals surface area contributed by atoms with Crippen molar-refractivity contribution in [1.82, 2.24) is 0 Å². The third kappa shape index (κ3) is 7.33. The molecular formula is C25H44O. The summed E-state index contributed by atoms with van der Waals surface area (Å²) in [6.45, 7) is 20.2. The Balaban J connectivity index is 2.81. The maximum atomic E-state index is 10.8. The first-order chi connectivity index (χ1) is 11.8. The molecule has 0 radical (unpaired) electrons. The molecule has 1 aromatic carbocycles. The molecule has 1 aromatic rings. The minimum atomic E-state index is -0.0375. The Morgan fingerprint density at radius 3 is 1.65 bits per heavy atom. The van der Waals surface area contributed by atoms with Crippen molar-refractivity contribution < 1.29 is 5.11 Å². The molecule has 26 heavy (non-hydrogen) atoms.